The second-order valence-electron chi connectivity index (χ2n) is 6.89. The van der Waals surface area contributed by atoms with Crippen LogP contribution in [0.15, 0.2) is 48.8 Å². The summed E-state index contributed by atoms with van der Waals surface area (Å²) >= 11 is 0. The van der Waals surface area contributed by atoms with Crippen LogP contribution < -0.4 is 16.0 Å². The predicted molar refractivity (Wildman–Crippen MR) is 106 cm³/mol. The number of nitrogens with zero attached hydrogens (tertiary/aromatic N) is 1. The van der Waals surface area contributed by atoms with E-state index >= 15 is 0 Å². The van der Waals surface area contributed by atoms with E-state index in [9.17, 15) is 19.2 Å². The van der Waals surface area contributed by atoms with Gasteiger partial charge in [0.1, 0.15) is 0 Å². The predicted octanol–water partition coefficient (Wildman–Crippen LogP) is 1.42. The Labute approximate surface area is 168 Å². The molecule has 1 atom stereocenters. The SMILES string of the molecule is CC[C@@]1(c2ccc(NC(=O)C(=O)NCc3cccnc3)cc2)CCC(=O)NC1=O. The van der Waals surface area contributed by atoms with Crippen LogP contribution in [0.3, 0.4) is 0 Å². The smallest absolute Gasteiger partial charge is 0.313 e. The first-order valence-electron chi connectivity index (χ1n) is 9.37. The molecule has 0 unspecified atom stereocenters. The Hall–Kier alpha value is -3.55. The molecule has 0 bridgehead atoms. The lowest BCUT2D eigenvalue weighted by Gasteiger charge is -2.35. The van der Waals surface area contributed by atoms with Crippen molar-refractivity contribution in [3.05, 3.63) is 59.9 Å². The minimum absolute atomic E-state index is 0.200. The van der Waals surface area contributed by atoms with Gasteiger partial charge in [0.25, 0.3) is 0 Å². The van der Waals surface area contributed by atoms with E-state index in [1.807, 2.05) is 6.92 Å². The zero-order chi connectivity index (χ0) is 20.9. The fraction of sp³-hybridized carbons (Fsp3) is 0.286. The molecule has 0 saturated carbocycles. The van der Waals surface area contributed by atoms with E-state index in [2.05, 4.69) is 20.9 Å². The van der Waals surface area contributed by atoms with Crippen LogP contribution >= 0.6 is 0 Å². The maximum atomic E-state index is 12.4. The summed E-state index contributed by atoms with van der Waals surface area (Å²) in [6, 6.07) is 10.3. The number of benzene rings is 1. The molecule has 2 aromatic rings. The number of piperidine rings is 1. The van der Waals surface area contributed by atoms with Crippen molar-refractivity contribution in [2.45, 2.75) is 38.1 Å². The normalized spacial score (nSPS) is 18.7. The lowest BCUT2D eigenvalue weighted by molar-refractivity contribution is -0.138. The van der Waals surface area contributed by atoms with Crippen LogP contribution in [-0.2, 0) is 31.1 Å². The molecule has 1 fully saturated rings. The Kier molecular flexibility index (Phi) is 6.01. The molecule has 8 heteroatoms. The molecular formula is C21H22N4O4. The first-order chi connectivity index (χ1) is 13.9. The Morgan fingerprint density at radius 2 is 1.90 bits per heavy atom. The van der Waals surface area contributed by atoms with E-state index in [0.717, 1.165) is 11.1 Å². The number of imide groups is 1. The summed E-state index contributed by atoms with van der Waals surface area (Å²) < 4.78 is 0. The quantitative estimate of drug-likeness (QED) is 0.524. The molecule has 1 aliphatic heterocycles. The van der Waals surface area contributed by atoms with E-state index in [4.69, 9.17) is 0 Å². The summed E-state index contributed by atoms with van der Waals surface area (Å²) in [7, 11) is 0. The van der Waals surface area contributed by atoms with Crippen molar-refractivity contribution in [1.29, 1.82) is 0 Å². The summed E-state index contributed by atoms with van der Waals surface area (Å²) in [5, 5.41) is 7.47. The van der Waals surface area contributed by atoms with Gasteiger partial charge in [-0.15, -0.1) is 0 Å². The second-order valence-corrected chi connectivity index (χ2v) is 6.89. The topological polar surface area (TPSA) is 117 Å². The summed E-state index contributed by atoms with van der Waals surface area (Å²) in [4.78, 5) is 51.9. The number of aromatic nitrogens is 1. The van der Waals surface area contributed by atoms with Crippen LogP contribution in [0.5, 0.6) is 0 Å². The number of hydrogen-bond donors (Lipinski definition) is 3. The van der Waals surface area contributed by atoms with Gasteiger partial charge in [-0.1, -0.05) is 25.1 Å². The highest BCUT2D eigenvalue weighted by Gasteiger charge is 2.42. The maximum Gasteiger partial charge on any atom is 0.313 e. The minimum Gasteiger partial charge on any atom is -0.344 e. The second kappa shape index (κ2) is 8.64. The van der Waals surface area contributed by atoms with Crippen molar-refractivity contribution >= 4 is 29.3 Å². The van der Waals surface area contributed by atoms with Gasteiger partial charge in [-0.2, -0.15) is 0 Å². The highest BCUT2D eigenvalue weighted by Crippen LogP contribution is 2.36. The first-order valence-corrected chi connectivity index (χ1v) is 9.37. The number of nitrogens with one attached hydrogen (secondary N) is 3. The molecule has 2 heterocycles. The van der Waals surface area contributed by atoms with Gasteiger partial charge in [0.15, 0.2) is 0 Å². The lowest BCUT2D eigenvalue weighted by atomic mass is 9.72. The van der Waals surface area contributed by atoms with Gasteiger partial charge in [-0.3, -0.25) is 29.5 Å². The van der Waals surface area contributed by atoms with E-state index in [1.54, 1.807) is 48.8 Å². The molecule has 0 spiro atoms. The van der Waals surface area contributed by atoms with Crippen LogP contribution in [0.4, 0.5) is 5.69 Å². The zero-order valence-corrected chi connectivity index (χ0v) is 16.0. The number of hydrogen-bond acceptors (Lipinski definition) is 5. The monoisotopic (exact) mass is 394 g/mol. The zero-order valence-electron chi connectivity index (χ0n) is 16.0. The van der Waals surface area contributed by atoms with E-state index in [1.165, 1.54) is 0 Å². The Morgan fingerprint density at radius 1 is 1.14 bits per heavy atom. The van der Waals surface area contributed by atoms with Crippen molar-refractivity contribution in [3.63, 3.8) is 0 Å². The highest BCUT2D eigenvalue weighted by atomic mass is 16.2. The molecule has 1 saturated heterocycles. The molecule has 3 N–H and O–H groups in total. The summed E-state index contributed by atoms with van der Waals surface area (Å²) in [6.07, 6.45) is 4.51. The Balaban J connectivity index is 1.62. The highest BCUT2D eigenvalue weighted by molar-refractivity contribution is 6.39. The van der Waals surface area contributed by atoms with Crippen LogP contribution in [0.1, 0.15) is 37.3 Å². The molecule has 8 nitrogen and oxygen atoms in total. The maximum absolute atomic E-state index is 12.4. The molecule has 4 amide bonds. The average molecular weight is 394 g/mol. The standard InChI is InChI=1S/C21H22N4O4/c1-2-21(10-9-17(26)25-20(21)29)15-5-7-16(8-6-15)24-19(28)18(27)23-13-14-4-3-11-22-12-14/h3-8,11-12H,2,9-10,13H2,1H3,(H,23,27)(H,24,28)(H,25,26,29)/t21-/m0/s1. The third kappa shape index (κ3) is 4.48. The van der Waals surface area contributed by atoms with E-state index in [0.29, 0.717) is 18.5 Å². The molecule has 1 aliphatic rings. The third-order valence-corrected chi connectivity index (χ3v) is 5.15. The molecule has 29 heavy (non-hydrogen) atoms. The largest absolute Gasteiger partial charge is 0.344 e. The van der Waals surface area contributed by atoms with Crippen LogP contribution in [0, 0.1) is 0 Å². The molecule has 1 aromatic heterocycles. The van der Waals surface area contributed by atoms with Gasteiger partial charge in [0.05, 0.1) is 5.41 Å². The van der Waals surface area contributed by atoms with E-state index < -0.39 is 17.2 Å². The molecule has 150 valence electrons. The average Bonchev–Trinajstić information content (AvgIpc) is 2.74. The Morgan fingerprint density at radius 3 is 2.52 bits per heavy atom. The summed E-state index contributed by atoms with van der Waals surface area (Å²) in [5.41, 5.74) is 1.22. The summed E-state index contributed by atoms with van der Waals surface area (Å²) in [6.45, 7) is 2.10. The van der Waals surface area contributed by atoms with Crippen molar-refractivity contribution < 1.29 is 19.2 Å². The van der Waals surface area contributed by atoms with Gasteiger partial charge in [0, 0.05) is 31.0 Å². The van der Waals surface area contributed by atoms with Crippen molar-refractivity contribution in [3.8, 4) is 0 Å². The van der Waals surface area contributed by atoms with Crippen molar-refractivity contribution in [1.82, 2.24) is 15.6 Å². The minimum atomic E-state index is -0.784. The lowest BCUT2D eigenvalue weighted by Crippen LogP contribution is -2.51. The number of carbonyl (C=O) groups excluding carboxylic acids is 4. The number of pyridine rings is 1. The molecular weight excluding hydrogens is 372 g/mol. The fourth-order valence-electron chi connectivity index (χ4n) is 3.39. The van der Waals surface area contributed by atoms with Crippen molar-refractivity contribution in [2.24, 2.45) is 0 Å². The first kappa shape index (κ1) is 20.2. The van der Waals surface area contributed by atoms with Gasteiger partial charge in [-0.05, 0) is 42.2 Å². The van der Waals surface area contributed by atoms with Gasteiger partial charge >= 0.3 is 11.8 Å². The molecule has 0 radical (unpaired) electrons. The van der Waals surface area contributed by atoms with E-state index in [-0.39, 0.29) is 24.8 Å². The third-order valence-electron chi connectivity index (χ3n) is 5.15. The molecule has 0 aliphatic carbocycles. The fourth-order valence-corrected chi connectivity index (χ4v) is 3.39. The molecule has 3 rings (SSSR count). The van der Waals surface area contributed by atoms with Gasteiger partial charge in [-0.25, -0.2) is 0 Å². The molecule has 1 aromatic carbocycles. The van der Waals surface area contributed by atoms with Gasteiger partial charge in [0.2, 0.25) is 11.8 Å². The number of carbonyl (C=O) groups is 4. The number of amides is 4. The van der Waals surface area contributed by atoms with Crippen LogP contribution in [0.2, 0.25) is 0 Å². The Bertz CT molecular complexity index is 927. The van der Waals surface area contributed by atoms with Crippen LogP contribution in [0.25, 0.3) is 0 Å². The number of anilines is 1. The summed E-state index contributed by atoms with van der Waals surface area (Å²) in [5.74, 6) is -2.11. The van der Waals surface area contributed by atoms with Crippen LogP contribution in [-0.4, -0.2) is 28.6 Å². The number of rotatable bonds is 5. The van der Waals surface area contributed by atoms with Crippen molar-refractivity contribution in [2.75, 3.05) is 5.32 Å². The van der Waals surface area contributed by atoms with Gasteiger partial charge < -0.3 is 10.6 Å².